The van der Waals surface area contributed by atoms with E-state index in [0.717, 1.165) is 30.8 Å². The predicted molar refractivity (Wildman–Crippen MR) is 143 cm³/mol. The third-order valence-corrected chi connectivity index (χ3v) is 6.77. The van der Waals surface area contributed by atoms with E-state index >= 15 is 0 Å². The van der Waals surface area contributed by atoms with Crippen molar-refractivity contribution in [3.8, 4) is 0 Å². The highest BCUT2D eigenvalue weighted by Gasteiger charge is 2.32. The Morgan fingerprint density at radius 3 is 2.35 bits per heavy atom. The molecule has 1 fully saturated rings. The number of nitrogens with zero attached hydrogens (tertiary/aromatic N) is 3. The van der Waals surface area contributed by atoms with Crippen molar-refractivity contribution in [2.45, 2.75) is 32.6 Å². The topological polar surface area (TPSA) is 66.2 Å². The summed E-state index contributed by atoms with van der Waals surface area (Å²) in [5.41, 5.74) is -0.107. The van der Waals surface area contributed by atoms with Gasteiger partial charge in [0.15, 0.2) is 0 Å². The first kappa shape index (κ1) is 29.4. The number of aryl methyl sites for hydroxylation is 1. The number of hydrogen-bond donors (Lipinski definition) is 0. The van der Waals surface area contributed by atoms with Crippen LogP contribution in [0.2, 0.25) is 0 Å². The van der Waals surface area contributed by atoms with Gasteiger partial charge in [0.05, 0.1) is 25.3 Å². The molecule has 0 atom stereocenters. The number of furan rings is 1. The zero-order valence-corrected chi connectivity index (χ0v) is 22.5. The lowest BCUT2D eigenvalue weighted by atomic mass is 10.1. The average Bonchev–Trinajstić information content (AvgIpc) is 3.36. The maximum absolute atomic E-state index is 13.7. The number of alkyl halides is 3. The SMILES string of the molecule is Cc1ccc(CN(Cc2ccccc2)C(=O)CN(CCCN2CCOCC2)C(=O)c2cccc(C(F)(F)F)c2)o1. The van der Waals surface area contributed by atoms with Gasteiger partial charge in [0.2, 0.25) is 5.91 Å². The number of amides is 2. The Hall–Kier alpha value is -3.63. The van der Waals surface area contributed by atoms with Gasteiger partial charge in [0.25, 0.3) is 5.91 Å². The quantitative estimate of drug-likeness (QED) is 0.332. The first-order valence-corrected chi connectivity index (χ1v) is 13.3. The van der Waals surface area contributed by atoms with Gasteiger partial charge in [-0.15, -0.1) is 0 Å². The van der Waals surface area contributed by atoms with E-state index in [-0.39, 0.29) is 31.1 Å². The second-order valence-electron chi connectivity index (χ2n) is 9.86. The third-order valence-electron chi connectivity index (χ3n) is 6.77. The summed E-state index contributed by atoms with van der Waals surface area (Å²) >= 11 is 0. The van der Waals surface area contributed by atoms with Crippen LogP contribution in [0.5, 0.6) is 0 Å². The molecule has 4 rings (SSSR count). The Bertz CT molecular complexity index is 1260. The van der Waals surface area contributed by atoms with E-state index in [2.05, 4.69) is 4.90 Å². The lowest BCUT2D eigenvalue weighted by Gasteiger charge is -2.30. The Kier molecular flexibility index (Phi) is 10.0. The summed E-state index contributed by atoms with van der Waals surface area (Å²) in [6, 6.07) is 17.4. The molecule has 2 aromatic carbocycles. The number of morpholine rings is 1. The molecular weight excluding hydrogens is 523 g/mol. The molecular formula is C30H34F3N3O4. The fraction of sp³-hybridized carbons (Fsp3) is 0.400. The molecule has 0 N–H and O–H groups in total. The highest BCUT2D eigenvalue weighted by molar-refractivity contribution is 5.96. The molecule has 0 radical (unpaired) electrons. The summed E-state index contributed by atoms with van der Waals surface area (Å²) < 4.78 is 51.2. The highest BCUT2D eigenvalue weighted by atomic mass is 19.4. The fourth-order valence-electron chi connectivity index (χ4n) is 4.63. The standard InChI is InChI=1S/C30H34F3N3O4/c1-23-11-12-27(40-23)21-36(20-24-7-3-2-4-8-24)28(37)22-35(14-6-13-34-15-17-39-18-16-34)29(38)25-9-5-10-26(19-25)30(31,32)33/h2-5,7-12,19H,6,13-18,20-22H2,1H3. The summed E-state index contributed by atoms with van der Waals surface area (Å²) in [5, 5.41) is 0. The normalized spacial score (nSPS) is 14.2. The highest BCUT2D eigenvalue weighted by Crippen LogP contribution is 2.30. The molecule has 214 valence electrons. The number of halogens is 3. The van der Waals surface area contributed by atoms with Crippen molar-refractivity contribution in [2.24, 2.45) is 0 Å². The zero-order valence-electron chi connectivity index (χ0n) is 22.5. The van der Waals surface area contributed by atoms with E-state index in [1.165, 1.54) is 17.0 Å². The molecule has 10 heteroatoms. The van der Waals surface area contributed by atoms with Gasteiger partial charge in [-0.05, 0) is 49.2 Å². The number of carbonyl (C=O) groups excluding carboxylic acids is 2. The molecule has 1 aliphatic rings. The van der Waals surface area contributed by atoms with Gasteiger partial charge in [-0.25, -0.2) is 0 Å². The van der Waals surface area contributed by atoms with Crippen molar-refractivity contribution in [1.82, 2.24) is 14.7 Å². The number of ether oxygens (including phenoxy) is 1. The Balaban J connectivity index is 1.54. The molecule has 1 aromatic heterocycles. The van der Waals surface area contributed by atoms with Gasteiger partial charge >= 0.3 is 6.18 Å². The molecule has 2 amide bonds. The van der Waals surface area contributed by atoms with Crippen LogP contribution in [-0.2, 0) is 28.8 Å². The van der Waals surface area contributed by atoms with Gasteiger partial charge in [0.1, 0.15) is 18.1 Å². The van der Waals surface area contributed by atoms with Crippen molar-refractivity contribution in [3.63, 3.8) is 0 Å². The summed E-state index contributed by atoms with van der Waals surface area (Å²) in [4.78, 5) is 32.4. The van der Waals surface area contributed by atoms with Crippen LogP contribution in [0.25, 0.3) is 0 Å². The molecule has 0 unspecified atom stereocenters. The van der Waals surface area contributed by atoms with E-state index in [4.69, 9.17) is 9.15 Å². The molecule has 7 nitrogen and oxygen atoms in total. The maximum atomic E-state index is 13.7. The minimum Gasteiger partial charge on any atom is -0.464 e. The molecule has 0 spiro atoms. The van der Waals surface area contributed by atoms with Crippen molar-refractivity contribution in [3.05, 3.63) is 94.9 Å². The molecule has 1 saturated heterocycles. The molecule has 40 heavy (non-hydrogen) atoms. The lowest BCUT2D eigenvalue weighted by molar-refractivity contribution is -0.137. The predicted octanol–water partition coefficient (Wildman–Crippen LogP) is 5.00. The maximum Gasteiger partial charge on any atom is 0.416 e. The van der Waals surface area contributed by atoms with Crippen molar-refractivity contribution >= 4 is 11.8 Å². The molecule has 0 aliphatic carbocycles. The molecule has 1 aliphatic heterocycles. The van der Waals surface area contributed by atoms with Crippen molar-refractivity contribution in [1.29, 1.82) is 0 Å². The first-order valence-electron chi connectivity index (χ1n) is 13.3. The summed E-state index contributed by atoms with van der Waals surface area (Å²) in [5.74, 6) is 0.371. The number of rotatable bonds is 11. The molecule has 0 saturated carbocycles. The Labute approximate surface area is 232 Å². The second kappa shape index (κ2) is 13.6. The number of carbonyl (C=O) groups is 2. The molecule has 2 heterocycles. The molecule has 0 bridgehead atoms. The Morgan fingerprint density at radius 1 is 0.925 bits per heavy atom. The van der Waals surface area contributed by atoms with Crippen LogP contribution in [0.3, 0.4) is 0 Å². The van der Waals surface area contributed by atoms with Crippen molar-refractivity contribution in [2.75, 3.05) is 45.9 Å². The van der Waals surface area contributed by atoms with Crippen LogP contribution in [0.1, 0.15) is 39.4 Å². The van der Waals surface area contributed by atoms with Gasteiger partial charge < -0.3 is 19.0 Å². The van der Waals surface area contributed by atoms with Crippen molar-refractivity contribution < 1.29 is 31.9 Å². The summed E-state index contributed by atoms with van der Waals surface area (Å²) in [6.45, 7) is 5.74. The zero-order chi connectivity index (χ0) is 28.5. The van der Waals surface area contributed by atoms with E-state index in [1.807, 2.05) is 43.3 Å². The van der Waals surface area contributed by atoms with Gasteiger partial charge in [-0.1, -0.05) is 36.4 Å². The second-order valence-corrected chi connectivity index (χ2v) is 9.86. The van der Waals surface area contributed by atoms with Gasteiger partial charge in [-0.3, -0.25) is 14.5 Å². The largest absolute Gasteiger partial charge is 0.464 e. The summed E-state index contributed by atoms with van der Waals surface area (Å²) in [6.07, 6.45) is -4.02. The number of hydrogen-bond acceptors (Lipinski definition) is 5. The van der Waals surface area contributed by atoms with Crippen LogP contribution in [-0.4, -0.2) is 72.5 Å². The minimum atomic E-state index is -4.58. The monoisotopic (exact) mass is 557 g/mol. The van der Waals surface area contributed by atoms with Crippen LogP contribution in [0.15, 0.2) is 71.1 Å². The van der Waals surface area contributed by atoms with E-state index in [1.54, 1.807) is 11.0 Å². The number of benzene rings is 2. The first-order chi connectivity index (χ1) is 19.2. The third kappa shape index (κ3) is 8.43. The lowest BCUT2D eigenvalue weighted by Crippen LogP contribution is -2.44. The van der Waals surface area contributed by atoms with Crippen LogP contribution in [0.4, 0.5) is 13.2 Å². The van der Waals surface area contributed by atoms with Crippen LogP contribution >= 0.6 is 0 Å². The average molecular weight is 558 g/mol. The Morgan fingerprint density at radius 2 is 1.68 bits per heavy atom. The summed E-state index contributed by atoms with van der Waals surface area (Å²) in [7, 11) is 0. The van der Waals surface area contributed by atoms with Crippen LogP contribution < -0.4 is 0 Å². The van der Waals surface area contributed by atoms with E-state index < -0.39 is 17.6 Å². The van der Waals surface area contributed by atoms with E-state index in [0.29, 0.717) is 44.2 Å². The molecule has 3 aromatic rings. The minimum absolute atomic E-state index is 0.106. The van der Waals surface area contributed by atoms with Gasteiger partial charge in [-0.2, -0.15) is 13.2 Å². The van der Waals surface area contributed by atoms with Gasteiger partial charge in [0, 0.05) is 38.3 Å². The smallest absolute Gasteiger partial charge is 0.416 e. The van der Waals surface area contributed by atoms with E-state index in [9.17, 15) is 22.8 Å². The van der Waals surface area contributed by atoms with Crippen LogP contribution in [0, 0.1) is 6.92 Å². The fourth-order valence-corrected chi connectivity index (χ4v) is 4.63.